The molecule has 1 N–H and O–H groups in total. The molecule has 0 saturated heterocycles. The first-order chi connectivity index (χ1) is 11.4. The molecule has 1 aromatic carbocycles. The molecule has 0 aromatic heterocycles. The summed E-state index contributed by atoms with van der Waals surface area (Å²) in [5.41, 5.74) is 1.24. The molecule has 132 valence electrons. The minimum atomic E-state index is -0.568. The molecule has 0 bridgehead atoms. The van der Waals surface area contributed by atoms with E-state index in [4.69, 9.17) is 4.74 Å². The van der Waals surface area contributed by atoms with Gasteiger partial charge in [-0.25, -0.2) is 4.79 Å². The van der Waals surface area contributed by atoms with Crippen LogP contribution in [0.15, 0.2) is 24.3 Å². The Hall–Kier alpha value is -2.57. The molecule has 24 heavy (non-hydrogen) atoms. The summed E-state index contributed by atoms with van der Waals surface area (Å²) in [6.45, 7) is 4.00. The van der Waals surface area contributed by atoms with E-state index in [0.717, 1.165) is 5.69 Å². The number of hydrogen-bond acceptors (Lipinski definition) is 5. The number of carbonyl (C=O) groups excluding carboxylic acids is 3. The highest BCUT2D eigenvalue weighted by Gasteiger charge is 2.17. The molecule has 2 amide bonds. The molecule has 1 aromatic rings. The van der Waals surface area contributed by atoms with Gasteiger partial charge < -0.3 is 19.9 Å². The maximum atomic E-state index is 12.1. The molecule has 0 heterocycles. The molecule has 0 unspecified atom stereocenters. The van der Waals surface area contributed by atoms with Crippen LogP contribution in [0.4, 0.5) is 5.69 Å². The molecule has 7 nitrogen and oxygen atoms in total. The number of esters is 1. The molecule has 0 atom stereocenters. The topological polar surface area (TPSA) is 79.0 Å². The fourth-order valence-corrected chi connectivity index (χ4v) is 2.02. The van der Waals surface area contributed by atoms with Crippen LogP contribution in [0.2, 0.25) is 0 Å². The highest BCUT2D eigenvalue weighted by atomic mass is 16.5. The van der Waals surface area contributed by atoms with Gasteiger partial charge in [0.1, 0.15) is 0 Å². The summed E-state index contributed by atoms with van der Waals surface area (Å²) < 4.78 is 5.07. The standard InChI is InChI=1S/C17H25N3O4/c1-5-18-15(21)11-20(6-2)16(22)12-24-17(23)13-8-7-9-14(10-13)19(3)4/h7-10H,5-6,11-12H2,1-4H3,(H,18,21). The van der Waals surface area contributed by atoms with Gasteiger partial charge in [-0.1, -0.05) is 6.07 Å². The van der Waals surface area contributed by atoms with Gasteiger partial charge in [0.15, 0.2) is 6.61 Å². The molecule has 0 fully saturated rings. The van der Waals surface area contributed by atoms with E-state index in [1.54, 1.807) is 32.0 Å². The van der Waals surface area contributed by atoms with Crippen molar-refractivity contribution >= 4 is 23.5 Å². The monoisotopic (exact) mass is 335 g/mol. The van der Waals surface area contributed by atoms with E-state index in [9.17, 15) is 14.4 Å². The number of benzene rings is 1. The minimum absolute atomic E-state index is 0.0448. The van der Waals surface area contributed by atoms with Crippen LogP contribution in [0.5, 0.6) is 0 Å². The van der Waals surface area contributed by atoms with Crippen LogP contribution in [-0.2, 0) is 14.3 Å². The normalized spacial score (nSPS) is 10.0. The predicted octanol–water partition coefficient (Wildman–Crippen LogP) is 0.894. The van der Waals surface area contributed by atoms with Crippen molar-refractivity contribution in [3.63, 3.8) is 0 Å². The lowest BCUT2D eigenvalue weighted by atomic mass is 10.2. The average molecular weight is 335 g/mol. The van der Waals surface area contributed by atoms with Gasteiger partial charge in [0.05, 0.1) is 12.1 Å². The summed E-state index contributed by atoms with van der Waals surface area (Å²) in [4.78, 5) is 38.9. The van der Waals surface area contributed by atoms with Gasteiger partial charge in [-0.3, -0.25) is 9.59 Å². The quantitative estimate of drug-likeness (QED) is 0.714. The van der Waals surface area contributed by atoms with Gasteiger partial charge in [-0.05, 0) is 32.0 Å². The van der Waals surface area contributed by atoms with Crippen molar-refractivity contribution in [1.82, 2.24) is 10.2 Å². The Morgan fingerprint density at radius 3 is 2.46 bits per heavy atom. The third-order valence-electron chi connectivity index (χ3n) is 3.37. The molecule has 0 aliphatic rings. The molecule has 0 aliphatic heterocycles. The van der Waals surface area contributed by atoms with E-state index in [-0.39, 0.29) is 12.5 Å². The summed E-state index contributed by atoms with van der Waals surface area (Å²) in [5, 5.41) is 2.63. The Morgan fingerprint density at radius 2 is 1.88 bits per heavy atom. The van der Waals surface area contributed by atoms with Crippen molar-refractivity contribution in [1.29, 1.82) is 0 Å². The van der Waals surface area contributed by atoms with Crippen LogP contribution in [0.1, 0.15) is 24.2 Å². The van der Waals surface area contributed by atoms with Crippen molar-refractivity contribution < 1.29 is 19.1 Å². The second-order valence-corrected chi connectivity index (χ2v) is 5.38. The highest BCUT2D eigenvalue weighted by Crippen LogP contribution is 2.14. The number of anilines is 1. The summed E-state index contributed by atoms with van der Waals surface area (Å²) >= 11 is 0. The Bertz CT molecular complexity index is 587. The average Bonchev–Trinajstić information content (AvgIpc) is 2.57. The molecule has 0 radical (unpaired) electrons. The predicted molar refractivity (Wildman–Crippen MR) is 92.0 cm³/mol. The van der Waals surface area contributed by atoms with Crippen LogP contribution in [-0.4, -0.2) is 63.0 Å². The lowest BCUT2D eigenvalue weighted by Crippen LogP contribution is -2.42. The third kappa shape index (κ3) is 5.91. The number of ether oxygens (including phenoxy) is 1. The second kappa shape index (κ2) is 9.54. The number of likely N-dealkylation sites (N-methyl/N-ethyl adjacent to an activating group) is 2. The van der Waals surface area contributed by atoms with E-state index < -0.39 is 18.5 Å². The molecule has 7 heteroatoms. The van der Waals surface area contributed by atoms with Crippen molar-refractivity contribution in [2.24, 2.45) is 0 Å². The fourth-order valence-electron chi connectivity index (χ4n) is 2.02. The highest BCUT2D eigenvalue weighted by molar-refractivity contribution is 5.92. The summed E-state index contributed by atoms with van der Waals surface area (Å²) in [6, 6.07) is 6.94. The Kier molecular flexibility index (Phi) is 7.74. The van der Waals surface area contributed by atoms with Crippen LogP contribution in [0.25, 0.3) is 0 Å². The fraction of sp³-hybridized carbons (Fsp3) is 0.471. The Morgan fingerprint density at radius 1 is 1.17 bits per heavy atom. The van der Waals surface area contributed by atoms with E-state index in [1.165, 1.54) is 4.90 Å². The van der Waals surface area contributed by atoms with Gasteiger partial charge in [-0.2, -0.15) is 0 Å². The number of nitrogens with zero attached hydrogens (tertiary/aromatic N) is 2. The third-order valence-corrected chi connectivity index (χ3v) is 3.37. The Balaban J connectivity index is 2.60. The molecule has 0 aliphatic carbocycles. The van der Waals surface area contributed by atoms with E-state index >= 15 is 0 Å². The Labute approximate surface area is 142 Å². The van der Waals surface area contributed by atoms with Crippen molar-refractivity contribution in [2.75, 3.05) is 45.2 Å². The molecular weight excluding hydrogens is 310 g/mol. The zero-order valence-electron chi connectivity index (χ0n) is 14.7. The van der Waals surface area contributed by atoms with Crippen LogP contribution in [0.3, 0.4) is 0 Å². The largest absolute Gasteiger partial charge is 0.452 e. The lowest BCUT2D eigenvalue weighted by molar-refractivity contribution is -0.138. The maximum Gasteiger partial charge on any atom is 0.338 e. The molecule has 0 saturated carbocycles. The van der Waals surface area contributed by atoms with E-state index in [0.29, 0.717) is 18.7 Å². The maximum absolute atomic E-state index is 12.1. The van der Waals surface area contributed by atoms with Crippen molar-refractivity contribution in [2.45, 2.75) is 13.8 Å². The van der Waals surface area contributed by atoms with Gasteiger partial charge in [-0.15, -0.1) is 0 Å². The van der Waals surface area contributed by atoms with Crippen molar-refractivity contribution in [3.8, 4) is 0 Å². The molecule has 1 rings (SSSR count). The summed E-state index contributed by atoms with van der Waals surface area (Å²) in [6.07, 6.45) is 0. The zero-order chi connectivity index (χ0) is 18.1. The van der Waals surface area contributed by atoms with Crippen molar-refractivity contribution in [3.05, 3.63) is 29.8 Å². The number of nitrogens with one attached hydrogen (secondary N) is 1. The summed E-state index contributed by atoms with van der Waals surface area (Å²) in [5.74, 6) is -1.21. The van der Waals surface area contributed by atoms with Gasteiger partial charge in [0.25, 0.3) is 5.91 Å². The van der Waals surface area contributed by atoms with E-state index in [1.807, 2.05) is 25.1 Å². The first kappa shape index (κ1) is 19.5. The van der Waals surface area contributed by atoms with Crippen LogP contribution >= 0.6 is 0 Å². The SMILES string of the molecule is CCNC(=O)CN(CC)C(=O)COC(=O)c1cccc(N(C)C)c1. The minimum Gasteiger partial charge on any atom is -0.452 e. The lowest BCUT2D eigenvalue weighted by Gasteiger charge is -2.20. The smallest absolute Gasteiger partial charge is 0.338 e. The van der Waals surface area contributed by atoms with Gasteiger partial charge in [0.2, 0.25) is 5.91 Å². The van der Waals surface area contributed by atoms with Gasteiger partial charge >= 0.3 is 5.97 Å². The number of hydrogen-bond donors (Lipinski definition) is 1. The molecular formula is C17H25N3O4. The van der Waals surface area contributed by atoms with Crippen LogP contribution in [0, 0.1) is 0 Å². The first-order valence-electron chi connectivity index (χ1n) is 7.88. The molecule has 0 spiro atoms. The van der Waals surface area contributed by atoms with Crippen LogP contribution < -0.4 is 10.2 Å². The zero-order valence-corrected chi connectivity index (χ0v) is 14.7. The number of amides is 2. The van der Waals surface area contributed by atoms with E-state index in [2.05, 4.69) is 5.32 Å². The van der Waals surface area contributed by atoms with Gasteiger partial charge in [0, 0.05) is 32.9 Å². The second-order valence-electron chi connectivity index (χ2n) is 5.38. The number of carbonyl (C=O) groups is 3. The first-order valence-corrected chi connectivity index (χ1v) is 7.88. The summed E-state index contributed by atoms with van der Waals surface area (Å²) in [7, 11) is 3.74. The number of rotatable bonds is 8.